The normalized spacial score (nSPS) is 15.3. The molecule has 0 radical (unpaired) electrons. The molecule has 0 bridgehead atoms. The lowest BCUT2D eigenvalue weighted by Gasteiger charge is -2.29. The third kappa shape index (κ3) is 3.81. The molecule has 1 saturated heterocycles. The number of fused-ring (bicyclic) bond motifs is 1. The van der Waals surface area contributed by atoms with Crippen LogP contribution in [0, 0.1) is 5.92 Å². The second-order valence-corrected chi connectivity index (χ2v) is 6.33. The monoisotopic (exact) mass is 342 g/mol. The van der Waals surface area contributed by atoms with Crippen molar-refractivity contribution in [1.82, 2.24) is 15.2 Å². The van der Waals surface area contributed by atoms with Gasteiger partial charge in [-0.15, -0.1) is 0 Å². The molecule has 1 aliphatic rings. The maximum Gasteiger partial charge on any atom is 0.311 e. The van der Waals surface area contributed by atoms with Crippen LogP contribution in [-0.2, 0) is 20.8 Å². The van der Waals surface area contributed by atoms with Crippen molar-refractivity contribution in [2.24, 2.45) is 11.7 Å². The van der Waals surface area contributed by atoms with Gasteiger partial charge in [0.25, 0.3) is 0 Å². The summed E-state index contributed by atoms with van der Waals surface area (Å²) >= 11 is 0. The van der Waals surface area contributed by atoms with E-state index in [2.05, 4.69) is 10.3 Å². The number of carbonyl (C=O) groups is 3. The molecule has 0 aliphatic carbocycles. The largest absolute Gasteiger partial charge is 0.369 e. The smallest absolute Gasteiger partial charge is 0.311 e. The Bertz CT molecular complexity index is 790. The summed E-state index contributed by atoms with van der Waals surface area (Å²) in [5.41, 5.74) is 7.43. The Morgan fingerprint density at radius 1 is 1.20 bits per heavy atom. The second-order valence-electron chi connectivity index (χ2n) is 6.33. The van der Waals surface area contributed by atoms with E-state index in [9.17, 15) is 14.4 Å². The first-order valence-electron chi connectivity index (χ1n) is 8.47. The zero-order valence-electron chi connectivity index (χ0n) is 14.0. The van der Waals surface area contributed by atoms with Crippen molar-refractivity contribution in [2.45, 2.75) is 19.3 Å². The highest BCUT2D eigenvalue weighted by atomic mass is 16.2. The van der Waals surface area contributed by atoms with Gasteiger partial charge < -0.3 is 20.9 Å². The fraction of sp³-hybridized carbons (Fsp3) is 0.389. The molecular formula is C18H22N4O3. The SMILES string of the molecule is NC(=O)C1CCN(C(=O)C(=O)NCCc2c[nH]c3ccccc23)CC1. The molecule has 2 heterocycles. The Morgan fingerprint density at radius 2 is 1.92 bits per heavy atom. The molecule has 0 saturated carbocycles. The minimum absolute atomic E-state index is 0.200. The molecule has 25 heavy (non-hydrogen) atoms. The van der Waals surface area contributed by atoms with E-state index in [1.807, 2.05) is 30.5 Å². The Balaban J connectivity index is 1.48. The van der Waals surface area contributed by atoms with Gasteiger partial charge in [0.05, 0.1) is 0 Å². The number of carbonyl (C=O) groups excluding carboxylic acids is 3. The summed E-state index contributed by atoms with van der Waals surface area (Å²) in [6, 6.07) is 7.95. The molecule has 1 fully saturated rings. The Kier molecular flexibility index (Phi) is 5.02. The summed E-state index contributed by atoms with van der Waals surface area (Å²) < 4.78 is 0. The van der Waals surface area contributed by atoms with Crippen LogP contribution in [0.25, 0.3) is 10.9 Å². The molecule has 4 N–H and O–H groups in total. The first-order valence-corrected chi connectivity index (χ1v) is 8.47. The van der Waals surface area contributed by atoms with Crippen LogP contribution in [0.5, 0.6) is 0 Å². The average molecular weight is 342 g/mol. The quantitative estimate of drug-likeness (QED) is 0.706. The predicted molar refractivity (Wildman–Crippen MR) is 93.5 cm³/mol. The maximum absolute atomic E-state index is 12.2. The molecule has 0 unspecified atom stereocenters. The van der Waals surface area contributed by atoms with Crippen molar-refractivity contribution in [3.8, 4) is 0 Å². The summed E-state index contributed by atoms with van der Waals surface area (Å²) in [5.74, 6) is -1.68. The van der Waals surface area contributed by atoms with Crippen LogP contribution in [0.15, 0.2) is 30.5 Å². The molecule has 0 spiro atoms. The standard InChI is InChI=1S/C18H22N4O3/c19-16(23)12-6-9-22(10-7-12)18(25)17(24)20-8-5-13-11-21-15-4-2-1-3-14(13)15/h1-4,11-12,21H,5-10H2,(H2,19,23)(H,20,24). The van der Waals surface area contributed by atoms with Crippen LogP contribution in [0.3, 0.4) is 0 Å². The molecule has 7 heteroatoms. The fourth-order valence-electron chi connectivity index (χ4n) is 3.24. The van der Waals surface area contributed by atoms with Crippen LogP contribution in [0.1, 0.15) is 18.4 Å². The minimum Gasteiger partial charge on any atom is -0.369 e. The molecule has 0 atom stereocenters. The summed E-state index contributed by atoms with van der Waals surface area (Å²) in [6.07, 6.45) is 3.60. The van der Waals surface area contributed by atoms with E-state index in [0.29, 0.717) is 38.9 Å². The highest BCUT2D eigenvalue weighted by Gasteiger charge is 2.28. The number of para-hydroxylation sites is 1. The predicted octanol–water partition coefficient (Wildman–Crippen LogP) is 0.550. The van der Waals surface area contributed by atoms with Gasteiger partial charge in [-0.05, 0) is 30.9 Å². The number of hydrogen-bond donors (Lipinski definition) is 3. The molecular weight excluding hydrogens is 320 g/mol. The molecule has 1 aromatic carbocycles. The molecule has 2 aromatic rings. The number of likely N-dealkylation sites (tertiary alicyclic amines) is 1. The maximum atomic E-state index is 12.2. The van der Waals surface area contributed by atoms with Gasteiger partial charge in [-0.3, -0.25) is 14.4 Å². The van der Waals surface area contributed by atoms with Gasteiger partial charge >= 0.3 is 11.8 Å². The van der Waals surface area contributed by atoms with Crippen molar-refractivity contribution in [3.63, 3.8) is 0 Å². The van der Waals surface area contributed by atoms with E-state index in [0.717, 1.165) is 16.5 Å². The number of nitrogens with two attached hydrogens (primary N) is 1. The van der Waals surface area contributed by atoms with Gasteiger partial charge in [0.1, 0.15) is 0 Å². The van der Waals surface area contributed by atoms with Gasteiger partial charge in [0.15, 0.2) is 0 Å². The van der Waals surface area contributed by atoms with E-state index in [1.54, 1.807) is 0 Å². The first kappa shape index (κ1) is 17.0. The number of H-pyrrole nitrogens is 1. The van der Waals surface area contributed by atoms with E-state index >= 15 is 0 Å². The number of nitrogens with one attached hydrogen (secondary N) is 2. The van der Waals surface area contributed by atoms with Crippen molar-refractivity contribution in [3.05, 3.63) is 36.0 Å². The highest BCUT2D eigenvalue weighted by molar-refractivity contribution is 6.35. The van der Waals surface area contributed by atoms with Crippen LogP contribution in [0.2, 0.25) is 0 Å². The lowest BCUT2D eigenvalue weighted by Crippen LogP contribution is -2.48. The van der Waals surface area contributed by atoms with E-state index < -0.39 is 11.8 Å². The minimum atomic E-state index is -0.600. The number of aromatic amines is 1. The third-order valence-corrected chi connectivity index (χ3v) is 4.73. The number of aromatic nitrogens is 1. The van der Waals surface area contributed by atoms with E-state index in [4.69, 9.17) is 5.73 Å². The summed E-state index contributed by atoms with van der Waals surface area (Å²) in [7, 11) is 0. The lowest BCUT2D eigenvalue weighted by molar-refractivity contribution is -0.147. The number of piperidine rings is 1. The molecule has 1 aliphatic heterocycles. The lowest BCUT2D eigenvalue weighted by atomic mass is 9.96. The Morgan fingerprint density at radius 3 is 2.64 bits per heavy atom. The Labute approximate surface area is 145 Å². The van der Waals surface area contributed by atoms with Crippen LogP contribution in [0.4, 0.5) is 0 Å². The molecule has 1 aromatic heterocycles. The van der Waals surface area contributed by atoms with Crippen molar-refractivity contribution in [2.75, 3.05) is 19.6 Å². The van der Waals surface area contributed by atoms with E-state index in [1.165, 1.54) is 4.90 Å². The number of amides is 3. The van der Waals surface area contributed by atoms with Gasteiger partial charge in [0.2, 0.25) is 5.91 Å². The van der Waals surface area contributed by atoms with Crippen molar-refractivity contribution in [1.29, 1.82) is 0 Å². The van der Waals surface area contributed by atoms with Crippen LogP contribution < -0.4 is 11.1 Å². The number of rotatable bonds is 4. The molecule has 7 nitrogen and oxygen atoms in total. The van der Waals surface area contributed by atoms with Crippen LogP contribution in [-0.4, -0.2) is 47.2 Å². The van der Waals surface area contributed by atoms with Crippen molar-refractivity contribution >= 4 is 28.6 Å². The molecule has 3 rings (SSSR count). The summed E-state index contributed by atoms with van der Waals surface area (Å²) in [6.45, 7) is 1.18. The molecule has 132 valence electrons. The topological polar surface area (TPSA) is 108 Å². The van der Waals surface area contributed by atoms with Gasteiger partial charge in [-0.2, -0.15) is 0 Å². The van der Waals surface area contributed by atoms with Gasteiger partial charge in [0, 0.05) is 42.7 Å². The zero-order valence-corrected chi connectivity index (χ0v) is 14.0. The first-order chi connectivity index (χ1) is 12.1. The van der Waals surface area contributed by atoms with Crippen LogP contribution >= 0.6 is 0 Å². The molecule has 3 amide bonds. The number of benzene rings is 1. The Hall–Kier alpha value is -2.83. The fourth-order valence-corrected chi connectivity index (χ4v) is 3.24. The average Bonchev–Trinajstić information content (AvgIpc) is 3.04. The number of primary amides is 1. The second kappa shape index (κ2) is 7.38. The number of hydrogen-bond acceptors (Lipinski definition) is 3. The summed E-state index contributed by atoms with van der Waals surface area (Å²) in [5, 5.41) is 3.80. The van der Waals surface area contributed by atoms with E-state index in [-0.39, 0.29) is 11.8 Å². The number of nitrogens with zero attached hydrogens (tertiary/aromatic N) is 1. The van der Waals surface area contributed by atoms with Crippen molar-refractivity contribution < 1.29 is 14.4 Å². The van der Waals surface area contributed by atoms with Gasteiger partial charge in [-0.1, -0.05) is 18.2 Å². The third-order valence-electron chi connectivity index (χ3n) is 4.73. The highest BCUT2D eigenvalue weighted by Crippen LogP contribution is 2.18. The summed E-state index contributed by atoms with van der Waals surface area (Å²) in [4.78, 5) is 40.0. The van der Waals surface area contributed by atoms with Gasteiger partial charge in [-0.25, -0.2) is 0 Å². The zero-order chi connectivity index (χ0) is 17.8.